The lowest BCUT2D eigenvalue weighted by Gasteiger charge is -2.06. The third kappa shape index (κ3) is 4.89. The Kier molecular flexibility index (Phi) is 6.90. The molecule has 4 rings (SSSR count). The molecule has 158 valence electrons. The number of benzene rings is 1. The van der Waals surface area contributed by atoms with Gasteiger partial charge in [0.2, 0.25) is 5.88 Å². The molecule has 0 aliphatic heterocycles. The predicted octanol–water partition coefficient (Wildman–Crippen LogP) is 3.61. The van der Waals surface area contributed by atoms with Crippen molar-refractivity contribution in [1.29, 1.82) is 0 Å². The fourth-order valence-electron chi connectivity index (χ4n) is 3.21. The van der Waals surface area contributed by atoms with Crippen LogP contribution in [0, 0.1) is 5.82 Å². The third-order valence-corrected chi connectivity index (χ3v) is 4.62. The molecule has 0 spiro atoms. The number of pyridine rings is 1. The molecule has 0 atom stereocenters. The van der Waals surface area contributed by atoms with Crippen molar-refractivity contribution in [1.82, 2.24) is 15.0 Å². The van der Waals surface area contributed by atoms with Crippen LogP contribution in [0.25, 0.3) is 11.3 Å². The van der Waals surface area contributed by atoms with Crippen LogP contribution < -0.4 is 15.2 Å². The van der Waals surface area contributed by atoms with E-state index in [4.69, 9.17) is 15.2 Å². The van der Waals surface area contributed by atoms with Crippen LogP contribution >= 0.6 is 0 Å². The lowest BCUT2D eigenvalue weighted by atomic mass is 10.1. The molecule has 1 aromatic carbocycles. The molecule has 30 heavy (non-hydrogen) atoms. The number of primary amides is 1. The zero-order valence-electron chi connectivity index (χ0n) is 16.9. The molecule has 1 amide bonds. The molecule has 2 N–H and O–H groups in total. The molecule has 2 aromatic heterocycles. The summed E-state index contributed by atoms with van der Waals surface area (Å²) in [5.74, 6) is 0.690. The second-order valence-electron chi connectivity index (χ2n) is 6.53. The second kappa shape index (κ2) is 9.78. The van der Waals surface area contributed by atoms with Gasteiger partial charge in [0.15, 0.2) is 0 Å². The van der Waals surface area contributed by atoms with E-state index in [1.54, 1.807) is 37.7 Å². The number of fused-ring (bicyclic) bond motifs is 1. The number of methoxy groups -OCH3 is 1. The molecule has 8 heteroatoms. The summed E-state index contributed by atoms with van der Waals surface area (Å²) in [4.78, 5) is 23.1. The van der Waals surface area contributed by atoms with Crippen molar-refractivity contribution in [2.24, 2.45) is 5.73 Å². The molecule has 1 aliphatic carbocycles. The van der Waals surface area contributed by atoms with Crippen LogP contribution in [0.15, 0.2) is 42.9 Å². The summed E-state index contributed by atoms with van der Waals surface area (Å²) in [7, 11) is 1.63. The molecule has 0 bridgehead atoms. The number of halogens is 1. The first-order valence-corrected chi connectivity index (χ1v) is 9.58. The van der Waals surface area contributed by atoms with Gasteiger partial charge in [-0.25, -0.2) is 14.4 Å². The summed E-state index contributed by atoms with van der Waals surface area (Å²) in [6.45, 7) is 2.45. The number of rotatable bonds is 5. The number of hydrogen-bond donors (Lipinski definition) is 1. The van der Waals surface area contributed by atoms with E-state index in [9.17, 15) is 9.18 Å². The van der Waals surface area contributed by atoms with Crippen LogP contribution in [0.2, 0.25) is 0 Å². The number of ether oxygens (including phenoxy) is 2. The van der Waals surface area contributed by atoms with Gasteiger partial charge in [-0.2, -0.15) is 0 Å². The van der Waals surface area contributed by atoms with Crippen molar-refractivity contribution in [3.63, 3.8) is 0 Å². The Morgan fingerprint density at radius 3 is 2.63 bits per heavy atom. The van der Waals surface area contributed by atoms with E-state index >= 15 is 0 Å². The van der Waals surface area contributed by atoms with Gasteiger partial charge >= 0.3 is 0 Å². The highest BCUT2D eigenvalue weighted by atomic mass is 19.1. The van der Waals surface area contributed by atoms with Crippen molar-refractivity contribution >= 4 is 5.91 Å². The van der Waals surface area contributed by atoms with E-state index in [0.717, 1.165) is 41.7 Å². The molecular formula is C22H25FN4O3. The van der Waals surface area contributed by atoms with Crippen molar-refractivity contribution in [3.8, 4) is 22.9 Å². The largest absolute Gasteiger partial charge is 0.496 e. The topological polar surface area (TPSA) is 100 Å². The fourth-order valence-corrected chi connectivity index (χ4v) is 3.21. The minimum atomic E-state index is -0.608. The van der Waals surface area contributed by atoms with Gasteiger partial charge in [-0.05, 0) is 49.9 Å². The van der Waals surface area contributed by atoms with Gasteiger partial charge in [0.25, 0.3) is 5.91 Å². The molecule has 7 nitrogen and oxygen atoms in total. The van der Waals surface area contributed by atoms with E-state index in [1.165, 1.54) is 12.3 Å². The number of carbonyl (C=O) groups excluding carboxylic acids is 1. The summed E-state index contributed by atoms with van der Waals surface area (Å²) in [5, 5.41) is 0. The van der Waals surface area contributed by atoms with E-state index in [1.807, 2.05) is 6.92 Å². The average molecular weight is 412 g/mol. The minimum Gasteiger partial charge on any atom is -0.496 e. The Bertz CT molecular complexity index is 1030. The average Bonchev–Trinajstić information content (AvgIpc) is 3.26. The number of nitrogens with zero attached hydrogens (tertiary/aromatic N) is 3. The molecule has 3 aromatic rings. The Labute approximate surface area is 175 Å². The molecule has 0 fully saturated rings. The van der Waals surface area contributed by atoms with Gasteiger partial charge in [-0.3, -0.25) is 9.78 Å². The maximum atomic E-state index is 13.2. The predicted molar refractivity (Wildman–Crippen MR) is 112 cm³/mol. The number of carbonyl (C=O) groups is 1. The standard InChI is InChI=1S/C12H12N4O2.C10H11FO.H2/c1-2-18-11-4-3-8(5-15-11)9-6-14-7-10(16-9)12(13)17;1-12-10-6-5-9(11)7-3-2-4-8(7)10;/h3-7H,2H2,1H3,(H2,13,17);5-6H,2-4H2,1H3;1H. The normalized spacial score (nSPS) is 11.8. The summed E-state index contributed by atoms with van der Waals surface area (Å²) < 4.78 is 23.5. The minimum absolute atomic E-state index is 0. The monoisotopic (exact) mass is 412 g/mol. The first kappa shape index (κ1) is 21.2. The smallest absolute Gasteiger partial charge is 0.268 e. The number of amides is 1. The van der Waals surface area contributed by atoms with Crippen LogP contribution in [0.4, 0.5) is 4.39 Å². The Morgan fingerprint density at radius 1 is 1.17 bits per heavy atom. The van der Waals surface area contributed by atoms with E-state index < -0.39 is 5.91 Å². The number of nitrogens with two attached hydrogens (primary N) is 1. The van der Waals surface area contributed by atoms with Gasteiger partial charge in [-0.15, -0.1) is 0 Å². The van der Waals surface area contributed by atoms with Gasteiger partial charge in [0.05, 0.1) is 31.8 Å². The third-order valence-electron chi connectivity index (χ3n) is 4.62. The van der Waals surface area contributed by atoms with Crippen LogP contribution in [-0.2, 0) is 12.8 Å². The highest BCUT2D eigenvalue weighted by molar-refractivity contribution is 5.90. The van der Waals surface area contributed by atoms with E-state index in [2.05, 4.69) is 15.0 Å². The molecule has 0 radical (unpaired) electrons. The van der Waals surface area contributed by atoms with Crippen LogP contribution in [0.5, 0.6) is 11.6 Å². The molecule has 1 aliphatic rings. The lowest BCUT2D eigenvalue weighted by Crippen LogP contribution is -2.13. The fraction of sp³-hybridized carbons (Fsp3) is 0.273. The van der Waals surface area contributed by atoms with Crippen LogP contribution in [0.1, 0.15) is 36.4 Å². The van der Waals surface area contributed by atoms with Crippen molar-refractivity contribution in [2.45, 2.75) is 26.2 Å². The zero-order valence-corrected chi connectivity index (χ0v) is 16.9. The zero-order chi connectivity index (χ0) is 21.5. The highest BCUT2D eigenvalue weighted by Gasteiger charge is 2.18. The maximum Gasteiger partial charge on any atom is 0.268 e. The van der Waals surface area contributed by atoms with Crippen LogP contribution in [-0.4, -0.2) is 34.6 Å². The van der Waals surface area contributed by atoms with Gasteiger partial charge in [0, 0.05) is 24.8 Å². The number of hydrogen-bond acceptors (Lipinski definition) is 6. The first-order valence-electron chi connectivity index (χ1n) is 9.58. The molecule has 2 heterocycles. The first-order chi connectivity index (χ1) is 14.5. The molecule has 0 saturated heterocycles. The molecular weight excluding hydrogens is 387 g/mol. The van der Waals surface area contributed by atoms with Gasteiger partial charge in [0.1, 0.15) is 17.3 Å². The summed E-state index contributed by atoms with van der Waals surface area (Å²) >= 11 is 0. The number of aromatic nitrogens is 3. The second-order valence-corrected chi connectivity index (χ2v) is 6.53. The summed E-state index contributed by atoms with van der Waals surface area (Å²) in [5.41, 5.74) is 8.48. The Morgan fingerprint density at radius 2 is 1.97 bits per heavy atom. The highest BCUT2D eigenvalue weighted by Crippen LogP contribution is 2.32. The van der Waals surface area contributed by atoms with Crippen molar-refractivity contribution in [3.05, 3.63) is 65.5 Å². The summed E-state index contributed by atoms with van der Waals surface area (Å²) in [6.07, 6.45) is 7.35. The summed E-state index contributed by atoms with van der Waals surface area (Å²) in [6, 6.07) is 6.73. The quantitative estimate of drug-likeness (QED) is 0.687. The van der Waals surface area contributed by atoms with Crippen molar-refractivity contribution < 1.29 is 20.1 Å². The lowest BCUT2D eigenvalue weighted by molar-refractivity contribution is 0.0995. The van der Waals surface area contributed by atoms with Gasteiger partial charge in [-0.1, -0.05) is 0 Å². The molecule has 0 unspecified atom stereocenters. The van der Waals surface area contributed by atoms with Crippen molar-refractivity contribution in [2.75, 3.05) is 13.7 Å². The maximum absolute atomic E-state index is 13.2. The Balaban J connectivity index is 0.000000229. The van der Waals surface area contributed by atoms with Gasteiger partial charge < -0.3 is 15.2 Å². The SMILES string of the molecule is CCOc1ccc(-c2cncc(C(N)=O)n2)cn1.COc1ccc(F)c2c1CCC2.[HH]. The van der Waals surface area contributed by atoms with E-state index in [0.29, 0.717) is 18.2 Å². The van der Waals surface area contributed by atoms with Crippen LogP contribution in [0.3, 0.4) is 0 Å². The molecule has 0 saturated carbocycles. The van der Waals surface area contributed by atoms with E-state index in [-0.39, 0.29) is 12.9 Å². The Hall–Kier alpha value is -3.55.